The Morgan fingerprint density at radius 2 is 1.67 bits per heavy atom. The van der Waals surface area contributed by atoms with Crippen LogP contribution in [-0.4, -0.2) is 111 Å². The Morgan fingerprint density at radius 1 is 0.984 bits per heavy atom. The van der Waals surface area contributed by atoms with Gasteiger partial charge in [0.1, 0.15) is 24.3 Å². The summed E-state index contributed by atoms with van der Waals surface area (Å²) in [7, 11) is 3.79. The second kappa shape index (κ2) is 21.0. The highest BCUT2D eigenvalue weighted by Crippen LogP contribution is 2.40. The molecule has 2 heterocycles. The van der Waals surface area contributed by atoms with E-state index in [0.29, 0.717) is 18.6 Å². The Hall–Kier alpha value is -3.88. The number of aliphatic hydroxyl groups is 3. The number of hydrogen-bond acceptors (Lipinski definition) is 12. The fraction of sp³-hybridized carbons (Fsp3) is 0.592. The van der Waals surface area contributed by atoms with Crippen LogP contribution in [0.4, 0.5) is 0 Å². The van der Waals surface area contributed by atoms with Gasteiger partial charge in [-0.1, -0.05) is 100.0 Å². The van der Waals surface area contributed by atoms with Gasteiger partial charge in [0.05, 0.1) is 53.3 Å². The minimum atomic E-state index is -1.72. The zero-order valence-electron chi connectivity index (χ0n) is 37.7. The molecule has 12 heteroatoms. The molecule has 1 aliphatic heterocycles. The molecule has 2 fully saturated rings. The lowest BCUT2D eigenvalue weighted by atomic mass is 9.70. The summed E-state index contributed by atoms with van der Waals surface area (Å²) in [5, 5.41) is 41.5. The number of likely N-dealkylation sites (N-methyl/N-ethyl adjacent to an activating group) is 1. The molecule has 2 aliphatic rings. The van der Waals surface area contributed by atoms with E-state index in [1.54, 1.807) is 33.9 Å². The van der Waals surface area contributed by atoms with Gasteiger partial charge >= 0.3 is 0 Å². The first-order valence-corrected chi connectivity index (χ1v) is 21.9. The Morgan fingerprint density at radius 3 is 2.36 bits per heavy atom. The lowest BCUT2D eigenvalue weighted by Crippen LogP contribution is -2.59. The lowest BCUT2D eigenvalue weighted by molar-refractivity contribution is -0.296. The molecular formula is C49H69N3O9. The number of oxime groups is 1. The quantitative estimate of drug-likeness (QED) is 0.135. The molecule has 12 nitrogen and oxygen atoms in total. The number of ketones is 2. The van der Waals surface area contributed by atoms with Gasteiger partial charge in [-0.25, -0.2) is 0 Å². The number of para-hydroxylation sites is 1. The van der Waals surface area contributed by atoms with Crippen LogP contribution in [0.2, 0.25) is 0 Å². The summed E-state index contributed by atoms with van der Waals surface area (Å²) in [6.45, 7) is 14.6. The number of pyridine rings is 1. The van der Waals surface area contributed by atoms with Crippen LogP contribution in [0.25, 0.3) is 17.0 Å². The summed E-state index contributed by atoms with van der Waals surface area (Å²) in [5.74, 6) is -4.56. The Kier molecular flexibility index (Phi) is 16.6. The van der Waals surface area contributed by atoms with E-state index in [1.165, 1.54) is 0 Å². The standard InChI is InChI=1S/C49H69N3O9/c1-11-38-26-41(53)32(4)43(54)34(6)46(61-47-44(55)40(52(9)10)24-31(3)60-47)48(7,58-23-17-20-36-25-37-21-15-16-22-39(37)50-28-36)27-30(2)42(33(5)45(56)49(38,8)57)51-59-29-35-18-13-12-14-19-35/h12-22,25,28,30-34,38,40,44-47,55-57H,11,23-24,26-27,29H2,1-10H3/b20-17+,51-42+/t30-,31-,32+,33+,34+,38+,40+,44-,45-,46-,47+,48+,49-/m1/s1. The molecule has 3 N–H and O–H groups in total. The molecule has 1 saturated heterocycles. The third-order valence-electron chi connectivity index (χ3n) is 13.2. The second-order valence-corrected chi connectivity index (χ2v) is 18.1. The third kappa shape index (κ3) is 11.6. The number of nitrogens with zero attached hydrogens (tertiary/aromatic N) is 3. The number of carbonyl (C=O) groups excluding carboxylic acids is 2. The monoisotopic (exact) mass is 844 g/mol. The van der Waals surface area contributed by atoms with Crippen molar-refractivity contribution in [2.75, 3.05) is 20.7 Å². The van der Waals surface area contributed by atoms with Gasteiger partial charge < -0.3 is 39.3 Å². The molecule has 1 saturated carbocycles. The lowest BCUT2D eigenvalue weighted by Gasteiger charge is -2.47. The van der Waals surface area contributed by atoms with Crippen molar-refractivity contribution in [3.63, 3.8) is 0 Å². The highest BCUT2D eigenvalue weighted by atomic mass is 16.7. The normalized spacial score (nSPS) is 35.5. The number of aliphatic hydroxyl groups excluding tert-OH is 2. The zero-order valence-corrected chi connectivity index (χ0v) is 37.7. The van der Waals surface area contributed by atoms with E-state index >= 15 is 0 Å². The number of fused-ring (bicyclic) bond motifs is 1. The Balaban J connectivity index is 1.61. The smallest absolute Gasteiger partial charge is 0.185 e. The molecule has 0 bridgehead atoms. The summed E-state index contributed by atoms with van der Waals surface area (Å²) in [4.78, 5) is 41.3. The average molecular weight is 844 g/mol. The van der Waals surface area contributed by atoms with Gasteiger partial charge in [-0.2, -0.15) is 0 Å². The molecule has 334 valence electrons. The van der Waals surface area contributed by atoms with Gasteiger partial charge in [0, 0.05) is 41.8 Å². The number of aromatic nitrogens is 1. The summed E-state index contributed by atoms with van der Waals surface area (Å²) in [5.41, 5.74) is 0.114. The Labute approximate surface area is 362 Å². The molecule has 3 aromatic rings. The van der Waals surface area contributed by atoms with Gasteiger partial charge in [0.25, 0.3) is 0 Å². The van der Waals surface area contributed by atoms with Crippen LogP contribution in [0.5, 0.6) is 0 Å². The van der Waals surface area contributed by atoms with E-state index in [4.69, 9.17) is 19.0 Å². The van der Waals surface area contributed by atoms with Crippen LogP contribution in [0.15, 0.2) is 78.1 Å². The van der Waals surface area contributed by atoms with E-state index in [2.05, 4.69) is 10.1 Å². The molecule has 2 aromatic carbocycles. The minimum Gasteiger partial charge on any atom is -0.391 e. The molecular weight excluding hydrogens is 775 g/mol. The Bertz CT molecular complexity index is 1970. The van der Waals surface area contributed by atoms with Crippen LogP contribution in [0.1, 0.15) is 92.2 Å². The maximum atomic E-state index is 14.7. The van der Waals surface area contributed by atoms with Crippen molar-refractivity contribution in [1.82, 2.24) is 9.88 Å². The maximum absolute atomic E-state index is 14.7. The van der Waals surface area contributed by atoms with E-state index < -0.39 is 65.4 Å². The van der Waals surface area contributed by atoms with Crippen molar-refractivity contribution < 1.29 is 44.0 Å². The first-order chi connectivity index (χ1) is 28.9. The highest BCUT2D eigenvalue weighted by Gasteiger charge is 2.51. The fourth-order valence-corrected chi connectivity index (χ4v) is 9.33. The van der Waals surface area contributed by atoms with E-state index in [0.717, 1.165) is 22.0 Å². The van der Waals surface area contributed by atoms with Crippen molar-refractivity contribution in [3.8, 4) is 0 Å². The molecule has 1 aliphatic carbocycles. The molecule has 1 aromatic heterocycles. The van der Waals surface area contributed by atoms with Gasteiger partial charge in [-0.3, -0.25) is 14.6 Å². The topological polar surface area (TPSA) is 160 Å². The predicted octanol–water partition coefficient (Wildman–Crippen LogP) is 7.02. The second-order valence-electron chi connectivity index (χ2n) is 18.1. The first kappa shape index (κ1) is 48.2. The molecule has 61 heavy (non-hydrogen) atoms. The number of carbonyl (C=O) groups is 2. The SMILES string of the molecule is CC[C@H]1CC(=O)[C@H](C)C(=O)[C@H](C)[C@@H](O[C@@H]2O[C@H](C)C[C@H](N(C)C)[C@H]2O)[C@@](C)(OC/C=C/c2cnc3ccccc3c2)C[C@@H](C)/C(=N\OCc2ccccc2)[C@H](C)[C@@H](O)[C@]1(C)O. The van der Waals surface area contributed by atoms with Crippen LogP contribution in [-0.2, 0) is 35.2 Å². The summed E-state index contributed by atoms with van der Waals surface area (Å²) < 4.78 is 20.1. The van der Waals surface area contributed by atoms with Crippen molar-refractivity contribution >= 4 is 34.3 Å². The maximum Gasteiger partial charge on any atom is 0.185 e. The van der Waals surface area contributed by atoms with E-state index in [-0.39, 0.29) is 49.8 Å². The van der Waals surface area contributed by atoms with Gasteiger partial charge in [-0.15, -0.1) is 0 Å². The number of benzene rings is 2. The molecule has 0 unspecified atom stereocenters. The molecule has 0 radical (unpaired) electrons. The number of rotatable bonds is 11. The summed E-state index contributed by atoms with van der Waals surface area (Å²) >= 11 is 0. The number of hydrogen-bond donors (Lipinski definition) is 3. The molecule has 0 spiro atoms. The number of Topliss-reactive ketones (excluding diaryl/α,β-unsaturated/α-hetero) is 2. The fourth-order valence-electron chi connectivity index (χ4n) is 9.33. The van der Waals surface area contributed by atoms with E-state index in [1.807, 2.05) is 120 Å². The largest absolute Gasteiger partial charge is 0.391 e. The zero-order chi connectivity index (χ0) is 44.6. The summed E-state index contributed by atoms with van der Waals surface area (Å²) in [6.07, 6.45) is 1.78. The minimum absolute atomic E-state index is 0.0954. The number of ether oxygens (including phenoxy) is 3. The molecule has 13 atom stereocenters. The van der Waals surface area contributed by atoms with Gasteiger partial charge in [0.2, 0.25) is 0 Å². The summed E-state index contributed by atoms with van der Waals surface area (Å²) in [6, 6.07) is 19.2. The van der Waals surface area contributed by atoms with Crippen molar-refractivity contribution in [2.24, 2.45) is 34.7 Å². The van der Waals surface area contributed by atoms with Gasteiger partial charge in [0.15, 0.2) is 6.29 Å². The van der Waals surface area contributed by atoms with E-state index in [9.17, 15) is 24.9 Å². The first-order valence-electron chi connectivity index (χ1n) is 21.9. The third-order valence-corrected chi connectivity index (χ3v) is 13.2. The van der Waals surface area contributed by atoms with Crippen LogP contribution < -0.4 is 0 Å². The van der Waals surface area contributed by atoms with Crippen LogP contribution >= 0.6 is 0 Å². The molecule has 0 amide bonds. The highest BCUT2D eigenvalue weighted by molar-refractivity contribution is 6.03. The van der Waals surface area contributed by atoms with Crippen LogP contribution in [0.3, 0.4) is 0 Å². The van der Waals surface area contributed by atoms with Crippen LogP contribution in [0, 0.1) is 29.6 Å². The van der Waals surface area contributed by atoms with Crippen molar-refractivity contribution in [3.05, 3.63) is 84.1 Å². The van der Waals surface area contributed by atoms with Crippen molar-refractivity contribution in [2.45, 2.75) is 136 Å². The molecule has 5 rings (SSSR count). The van der Waals surface area contributed by atoms with Gasteiger partial charge in [-0.05, 0) is 83.8 Å². The van der Waals surface area contributed by atoms with Crippen molar-refractivity contribution in [1.29, 1.82) is 0 Å². The average Bonchev–Trinajstić information content (AvgIpc) is 3.24. The predicted molar refractivity (Wildman–Crippen MR) is 237 cm³/mol.